The van der Waals surface area contributed by atoms with Gasteiger partial charge in [-0.3, -0.25) is 4.79 Å². The average molecular weight is 263 g/mol. The summed E-state index contributed by atoms with van der Waals surface area (Å²) in [6.07, 6.45) is 4.21. The van der Waals surface area contributed by atoms with Crippen molar-refractivity contribution in [3.63, 3.8) is 0 Å². The van der Waals surface area contributed by atoms with Gasteiger partial charge in [0.2, 0.25) is 0 Å². The molecule has 0 aliphatic rings. The fraction of sp³-hybridized carbons (Fsp3) is 0.562. The maximum Gasteiger partial charge on any atom is 0.303 e. The number of benzene rings is 1. The molecule has 0 bridgehead atoms. The van der Waals surface area contributed by atoms with Gasteiger partial charge in [-0.1, -0.05) is 36.8 Å². The zero-order chi connectivity index (χ0) is 14.1. The molecule has 0 aliphatic carbocycles. The molecule has 0 unspecified atom stereocenters. The van der Waals surface area contributed by atoms with Crippen LogP contribution in [0.3, 0.4) is 0 Å². The molecule has 0 fully saturated rings. The van der Waals surface area contributed by atoms with Crippen molar-refractivity contribution in [2.24, 2.45) is 0 Å². The van der Waals surface area contributed by atoms with Crippen LogP contribution in [0.5, 0.6) is 0 Å². The summed E-state index contributed by atoms with van der Waals surface area (Å²) in [4.78, 5) is 12.8. The largest absolute Gasteiger partial charge is 0.481 e. The van der Waals surface area contributed by atoms with Gasteiger partial charge in [-0.15, -0.1) is 0 Å². The number of carboxylic acid groups (broad SMARTS) is 1. The van der Waals surface area contributed by atoms with Crippen LogP contribution >= 0.6 is 0 Å². The zero-order valence-corrected chi connectivity index (χ0v) is 12.0. The maximum absolute atomic E-state index is 10.4. The van der Waals surface area contributed by atoms with Crippen LogP contribution in [0, 0.1) is 0 Å². The molecule has 1 aromatic rings. The molecule has 3 heteroatoms. The Morgan fingerprint density at radius 2 is 1.89 bits per heavy atom. The van der Waals surface area contributed by atoms with E-state index in [1.165, 1.54) is 5.56 Å². The Morgan fingerprint density at radius 1 is 1.21 bits per heavy atom. The highest BCUT2D eigenvalue weighted by Gasteiger charge is 2.09. The van der Waals surface area contributed by atoms with Crippen LogP contribution in [0.15, 0.2) is 30.3 Å². The predicted octanol–water partition coefficient (Wildman–Crippen LogP) is 3.19. The lowest BCUT2D eigenvalue weighted by atomic mass is 10.1. The highest BCUT2D eigenvalue weighted by Crippen LogP contribution is 2.09. The summed E-state index contributed by atoms with van der Waals surface area (Å²) < 4.78 is 0. The molecule has 1 N–H and O–H groups in total. The van der Waals surface area contributed by atoms with Gasteiger partial charge in [0.25, 0.3) is 0 Å². The second-order valence-corrected chi connectivity index (χ2v) is 5.22. The number of nitrogens with zero attached hydrogens (tertiary/aromatic N) is 1. The third kappa shape index (κ3) is 6.97. The molecule has 0 spiro atoms. The number of hydrogen-bond donors (Lipinski definition) is 1. The van der Waals surface area contributed by atoms with Gasteiger partial charge >= 0.3 is 5.97 Å². The van der Waals surface area contributed by atoms with Crippen molar-refractivity contribution in [2.75, 3.05) is 13.6 Å². The number of carbonyl (C=O) groups is 1. The smallest absolute Gasteiger partial charge is 0.303 e. The second-order valence-electron chi connectivity index (χ2n) is 5.22. The lowest BCUT2D eigenvalue weighted by molar-refractivity contribution is -0.137. The third-order valence-electron chi connectivity index (χ3n) is 3.53. The van der Waals surface area contributed by atoms with Gasteiger partial charge < -0.3 is 10.0 Å². The molecule has 1 aromatic carbocycles. The van der Waals surface area contributed by atoms with Crippen LogP contribution in [0.1, 0.15) is 38.2 Å². The van der Waals surface area contributed by atoms with Crippen molar-refractivity contribution in [1.82, 2.24) is 4.90 Å². The van der Waals surface area contributed by atoms with Crippen LogP contribution in [0.25, 0.3) is 0 Å². The second kappa shape index (κ2) is 8.70. The van der Waals surface area contributed by atoms with Gasteiger partial charge in [0.05, 0.1) is 0 Å². The first kappa shape index (κ1) is 15.7. The number of likely N-dealkylation sites (N-methyl/N-ethyl adjacent to an activating group) is 1. The summed E-state index contributed by atoms with van der Waals surface area (Å²) >= 11 is 0. The Labute approximate surface area is 116 Å². The molecule has 0 heterocycles. The summed E-state index contributed by atoms with van der Waals surface area (Å²) in [5.74, 6) is -0.689. The molecule has 0 amide bonds. The molecule has 0 saturated heterocycles. The lowest BCUT2D eigenvalue weighted by Gasteiger charge is -2.24. The topological polar surface area (TPSA) is 40.5 Å². The number of hydrogen-bond acceptors (Lipinski definition) is 2. The first-order chi connectivity index (χ1) is 9.09. The van der Waals surface area contributed by atoms with Crippen LogP contribution in [-0.4, -0.2) is 35.6 Å². The Kier molecular flexibility index (Phi) is 7.19. The van der Waals surface area contributed by atoms with Gasteiger partial charge in [-0.05, 0) is 45.3 Å². The maximum atomic E-state index is 10.4. The average Bonchev–Trinajstić information content (AvgIpc) is 2.38. The van der Waals surface area contributed by atoms with Crippen molar-refractivity contribution in [3.8, 4) is 0 Å². The molecule has 1 atom stereocenters. The molecule has 106 valence electrons. The molecule has 19 heavy (non-hydrogen) atoms. The summed E-state index contributed by atoms with van der Waals surface area (Å²) in [5, 5.41) is 8.56. The lowest BCUT2D eigenvalue weighted by Crippen LogP contribution is -2.31. The minimum Gasteiger partial charge on any atom is -0.481 e. The fourth-order valence-electron chi connectivity index (χ4n) is 2.15. The molecule has 0 saturated carbocycles. The number of aliphatic carboxylic acids is 1. The van der Waals surface area contributed by atoms with Crippen LogP contribution in [-0.2, 0) is 11.2 Å². The van der Waals surface area contributed by atoms with Crippen LogP contribution in [0.4, 0.5) is 0 Å². The minimum absolute atomic E-state index is 0.295. The zero-order valence-electron chi connectivity index (χ0n) is 12.0. The van der Waals surface area contributed by atoms with Crippen LogP contribution < -0.4 is 0 Å². The quantitative estimate of drug-likeness (QED) is 0.696. The fourth-order valence-corrected chi connectivity index (χ4v) is 2.15. The molecule has 0 aromatic heterocycles. The standard InChI is InChI=1S/C16H25NO2/c1-14(13-15-9-5-3-6-10-15)17(2)12-8-4-7-11-16(18)19/h3,5-6,9-10,14H,4,7-8,11-13H2,1-2H3,(H,18,19)/t14-/m0/s1. The third-order valence-corrected chi connectivity index (χ3v) is 3.53. The van der Waals surface area contributed by atoms with E-state index in [1.54, 1.807) is 0 Å². The molecule has 1 rings (SSSR count). The van der Waals surface area contributed by atoms with Crippen LogP contribution in [0.2, 0.25) is 0 Å². The highest BCUT2D eigenvalue weighted by molar-refractivity contribution is 5.66. The van der Waals surface area contributed by atoms with Gasteiger partial charge in [-0.25, -0.2) is 0 Å². The van der Waals surface area contributed by atoms with E-state index in [0.717, 1.165) is 32.2 Å². The van der Waals surface area contributed by atoms with Crippen molar-refractivity contribution >= 4 is 5.97 Å². The van der Waals surface area contributed by atoms with E-state index in [1.807, 2.05) is 6.07 Å². The number of carboxylic acids is 1. The summed E-state index contributed by atoms with van der Waals surface area (Å²) in [6.45, 7) is 3.28. The van der Waals surface area contributed by atoms with Gasteiger partial charge in [0, 0.05) is 12.5 Å². The van der Waals surface area contributed by atoms with E-state index in [0.29, 0.717) is 12.5 Å². The highest BCUT2D eigenvalue weighted by atomic mass is 16.4. The van der Waals surface area contributed by atoms with Gasteiger partial charge in [0.1, 0.15) is 0 Å². The van der Waals surface area contributed by atoms with E-state index >= 15 is 0 Å². The number of rotatable bonds is 9. The van der Waals surface area contributed by atoms with E-state index in [9.17, 15) is 4.79 Å². The Hall–Kier alpha value is -1.35. The Bertz CT molecular complexity index is 364. The Balaban J connectivity index is 2.18. The first-order valence-electron chi connectivity index (χ1n) is 7.05. The summed E-state index contributed by atoms with van der Waals surface area (Å²) in [5.41, 5.74) is 1.37. The van der Waals surface area contributed by atoms with Crippen molar-refractivity contribution in [1.29, 1.82) is 0 Å². The normalized spacial score (nSPS) is 12.6. The molecule has 0 aliphatic heterocycles. The predicted molar refractivity (Wildman–Crippen MR) is 78.3 cm³/mol. The monoisotopic (exact) mass is 263 g/mol. The van der Waals surface area contributed by atoms with E-state index < -0.39 is 5.97 Å². The van der Waals surface area contributed by atoms with Crippen molar-refractivity contribution < 1.29 is 9.90 Å². The van der Waals surface area contributed by atoms with Crippen molar-refractivity contribution in [3.05, 3.63) is 35.9 Å². The SMILES string of the molecule is C[C@@H](Cc1ccccc1)N(C)CCCCCC(=O)O. The van der Waals surface area contributed by atoms with Crippen molar-refractivity contribution in [2.45, 2.75) is 45.1 Å². The van der Waals surface area contributed by atoms with E-state index in [-0.39, 0.29) is 0 Å². The first-order valence-corrected chi connectivity index (χ1v) is 7.05. The molecular formula is C16H25NO2. The molecule has 3 nitrogen and oxygen atoms in total. The molecular weight excluding hydrogens is 238 g/mol. The van der Waals surface area contributed by atoms with Gasteiger partial charge in [0.15, 0.2) is 0 Å². The van der Waals surface area contributed by atoms with E-state index in [2.05, 4.69) is 43.1 Å². The summed E-state index contributed by atoms with van der Waals surface area (Å²) in [6, 6.07) is 11.0. The van der Waals surface area contributed by atoms with E-state index in [4.69, 9.17) is 5.11 Å². The van der Waals surface area contributed by atoms with Gasteiger partial charge in [-0.2, -0.15) is 0 Å². The molecule has 0 radical (unpaired) electrons. The summed E-state index contributed by atoms with van der Waals surface area (Å²) in [7, 11) is 2.14. The minimum atomic E-state index is -0.689. The Morgan fingerprint density at radius 3 is 2.53 bits per heavy atom. The number of unbranched alkanes of at least 4 members (excludes halogenated alkanes) is 2.